The molecule has 5 heteroatoms. The van der Waals surface area contributed by atoms with E-state index in [2.05, 4.69) is 70.0 Å². The second-order valence-corrected chi connectivity index (χ2v) is 12.1. The van der Waals surface area contributed by atoms with Crippen molar-refractivity contribution in [2.24, 2.45) is 0 Å². The van der Waals surface area contributed by atoms with Crippen molar-refractivity contribution in [3.05, 3.63) is 28.8 Å². The molecular weight excluding hydrogens is 470 g/mol. The Morgan fingerprint density at radius 2 is 1.00 bits per heavy atom. The fraction of sp³-hybridized carbons (Fsp3) is 0.788. The van der Waals surface area contributed by atoms with Gasteiger partial charge in [0, 0.05) is 31.6 Å². The fourth-order valence-electron chi connectivity index (χ4n) is 5.12. The molecule has 5 nitrogen and oxygen atoms in total. The van der Waals surface area contributed by atoms with Gasteiger partial charge in [0.05, 0.1) is 0 Å². The van der Waals surface area contributed by atoms with Gasteiger partial charge in [0.1, 0.15) is 5.75 Å². The van der Waals surface area contributed by atoms with Crippen LogP contribution in [0.15, 0.2) is 12.1 Å². The van der Waals surface area contributed by atoms with Crippen LogP contribution in [0.2, 0.25) is 0 Å². The zero-order chi connectivity index (χ0) is 28.2. The highest BCUT2D eigenvalue weighted by atomic mass is 16.5. The summed E-state index contributed by atoms with van der Waals surface area (Å²) in [7, 11) is 12.5. The minimum Gasteiger partial charge on any atom is -0.426 e. The largest absolute Gasteiger partial charge is 0.426 e. The summed E-state index contributed by atoms with van der Waals surface area (Å²) in [5.74, 6) is 0.625. The lowest BCUT2D eigenvalue weighted by atomic mass is 9.98. The Balaban J connectivity index is 2.37. The van der Waals surface area contributed by atoms with Crippen LogP contribution in [-0.4, -0.2) is 63.0 Å². The standard InChI is InChI=1S/C33H61N3O2/c1-8-9-10-11-12-13-14-15-16-17-18-19-20-21-22-23-33(37)38-32-25-24-29(26-34(2)3)30(27-35(4)5)31(32)28-36(6)7/h24-25H,8-23,26-28H2,1-7H3. The van der Waals surface area contributed by atoms with Crippen molar-refractivity contribution in [3.8, 4) is 5.75 Å². The molecule has 220 valence electrons. The monoisotopic (exact) mass is 531 g/mol. The maximum Gasteiger partial charge on any atom is 0.311 e. The molecule has 1 aromatic rings. The minimum absolute atomic E-state index is 0.101. The second kappa shape index (κ2) is 21.4. The fourth-order valence-corrected chi connectivity index (χ4v) is 5.12. The summed E-state index contributed by atoms with van der Waals surface area (Å²) in [6.45, 7) is 4.74. The van der Waals surface area contributed by atoms with Gasteiger partial charge < -0.3 is 19.4 Å². The predicted molar refractivity (Wildman–Crippen MR) is 164 cm³/mol. The maximum atomic E-state index is 12.7. The van der Waals surface area contributed by atoms with Crippen LogP contribution in [-0.2, 0) is 24.4 Å². The van der Waals surface area contributed by atoms with Crippen molar-refractivity contribution < 1.29 is 9.53 Å². The van der Waals surface area contributed by atoms with Gasteiger partial charge in [0.2, 0.25) is 0 Å². The summed E-state index contributed by atoms with van der Waals surface area (Å²) in [5.41, 5.74) is 3.70. The number of nitrogens with zero attached hydrogens (tertiary/aromatic N) is 3. The van der Waals surface area contributed by atoms with Gasteiger partial charge in [-0.15, -0.1) is 0 Å². The van der Waals surface area contributed by atoms with E-state index in [1.165, 1.54) is 94.6 Å². The van der Waals surface area contributed by atoms with Crippen LogP contribution in [0.25, 0.3) is 0 Å². The quantitative estimate of drug-likeness (QED) is 0.0811. The lowest BCUT2D eigenvalue weighted by Gasteiger charge is -2.24. The molecule has 0 saturated carbocycles. The third kappa shape index (κ3) is 16.5. The van der Waals surface area contributed by atoms with E-state index in [-0.39, 0.29) is 5.97 Å². The van der Waals surface area contributed by atoms with Crippen molar-refractivity contribution in [3.63, 3.8) is 0 Å². The summed E-state index contributed by atoms with van der Waals surface area (Å²) in [6, 6.07) is 4.13. The number of esters is 1. The molecule has 0 radical (unpaired) electrons. The van der Waals surface area contributed by atoms with E-state index in [1.54, 1.807) is 0 Å². The molecular formula is C33H61N3O2. The number of carbonyl (C=O) groups is 1. The highest BCUT2D eigenvalue weighted by Gasteiger charge is 2.18. The molecule has 1 aromatic carbocycles. The van der Waals surface area contributed by atoms with E-state index in [1.807, 2.05) is 6.07 Å². The smallest absolute Gasteiger partial charge is 0.311 e. The van der Waals surface area contributed by atoms with Gasteiger partial charge in [-0.2, -0.15) is 0 Å². The normalized spacial score (nSPS) is 11.7. The average molecular weight is 532 g/mol. The third-order valence-electron chi connectivity index (χ3n) is 7.13. The molecule has 0 heterocycles. The molecule has 0 aliphatic rings. The number of unbranched alkanes of at least 4 members (excludes halogenated alkanes) is 14. The van der Waals surface area contributed by atoms with Crippen LogP contribution >= 0.6 is 0 Å². The van der Waals surface area contributed by atoms with Gasteiger partial charge in [0.15, 0.2) is 0 Å². The summed E-state index contributed by atoms with van der Waals surface area (Å²) >= 11 is 0. The van der Waals surface area contributed by atoms with Crippen LogP contribution in [0.3, 0.4) is 0 Å². The Morgan fingerprint density at radius 1 is 0.579 bits per heavy atom. The summed E-state index contributed by atoms with van der Waals surface area (Å²) in [4.78, 5) is 19.3. The summed E-state index contributed by atoms with van der Waals surface area (Å²) < 4.78 is 5.95. The first-order valence-electron chi connectivity index (χ1n) is 15.5. The molecule has 0 aromatic heterocycles. The Hall–Kier alpha value is -1.43. The molecule has 0 spiro atoms. The Bertz CT molecular complexity index is 746. The lowest BCUT2D eigenvalue weighted by molar-refractivity contribution is -0.134. The number of ether oxygens (including phenoxy) is 1. The number of hydrogen-bond donors (Lipinski definition) is 0. The van der Waals surface area contributed by atoms with Crippen molar-refractivity contribution in [1.82, 2.24) is 14.7 Å². The third-order valence-corrected chi connectivity index (χ3v) is 7.13. The van der Waals surface area contributed by atoms with E-state index < -0.39 is 0 Å². The summed E-state index contributed by atoms with van der Waals surface area (Å²) in [6.07, 6.45) is 20.4. The molecule has 0 atom stereocenters. The van der Waals surface area contributed by atoms with Crippen LogP contribution in [0, 0.1) is 0 Å². The highest BCUT2D eigenvalue weighted by molar-refractivity contribution is 5.73. The van der Waals surface area contributed by atoms with E-state index >= 15 is 0 Å². The highest BCUT2D eigenvalue weighted by Crippen LogP contribution is 2.29. The molecule has 0 aliphatic heterocycles. The van der Waals surface area contributed by atoms with Crippen LogP contribution in [0.5, 0.6) is 5.75 Å². The Kier molecular flexibility index (Phi) is 19.5. The summed E-state index contributed by atoms with van der Waals surface area (Å²) in [5, 5.41) is 0. The maximum absolute atomic E-state index is 12.7. The van der Waals surface area contributed by atoms with Gasteiger partial charge in [0.25, 0.3) is 0 Å². The number of carbonyl (C=O) groups excluding carboxylic acids is 1. The Labute approximate surface area is 236 Å². The SMILES string of the molecule is CCCCCCCCCCCCCCCCCC(=O)Oc1ccc(CN(C)C)c(CN(C)C)c1CN(C)C. The molecule has 0 fully saturated rings. The second-order valence-electron chi connectivity index (χ2n) is 12.1. The molecule has 38 heavy (non-hydrogen) atoms. The topological polar surface area (TPSA) is 36.0 Å². The van der Waals surface area contributed by atoms with E-state index in [9.17, 15) is 4.79 Å². The zero-order valence-electron chi connectivity index (χ0n) is 26.2. The van der Waals surface area contributed by atoms with Crippen molar-refractivity contribution in [2.45, 2.75) is 129 Å². The van der Waals surface area contributed by atoms with Crippen LogP contribution in [0.4, 0.5) is 0 Å². The number of hydrogen-bond acceptors (Lipinski definition) is 5. The van der Waals surface area contributed by atoms with Crippen LogP contribution in [0.1, 0.15) is 126 Å². The molecule has 0 bridgehead atoms. The van der Waals surface area contributed by atoms with Gasteiger partial charge in [-0.1, -0.05) is 103 Å². The molecule has 0 N–H and O–H groups in total. The van der Waals surface area contributed by atoms with Gasteiger partial charge in [-0.25, -0.2) is 0 Å². The molecule has 0 unspecified atom stereocenters. The number of rotatable bonds is 23. The first kappa shape index (κ1) is 34.6. The number of benzene rings is 1. The van der Waals surface area contributed by atoms with Crippen molar-refractivity contribution in [1.29, 1.82) is 0 Å². The van der Waals surface area contributed by atoms with E-state index in [0.29, 0.717) is 6.42 Å². The molecule has 0 aliphatic carbocycles. The minimum atomic E-state index is -0.101. The van der Waals surface area contributed by atoms with E-state index in [4.69, 9.17) is 4.74 Å². The van der Waals surface area contributed by atoms with Crippen LogP contribution < -0.4 is 4.74 Å². The molecule has 0 saturated heterocycles. The molecule has 1 rings (SSSR count). The first-order valence-corrected chi connectivity index (χ1v) is 15.5. The average Bonchev–Trinajstić information content (AvgIpc) is 2.84. The van der Waals surface area contributed by atoms with Crippen molar-refractivity contribution >= 4 is 5.97 Å². The molecule has 0 amide bonds. The van der Waals surface area contributed by atoms with Gasteiger partial charge in [-0.05, 0) is 65.9 Å². The van der Waals surface area contributed by atoms with Crippen molar-refractivity contribution in [2.75, 3.05) is 42.3 Å². The van der Waals surface area contributed by atoms with Gasteiger partial charge in [-0.3, -0.25) is 4.79 Å². The zero-order valence-corrected chi connectivity index (χ0v) is 26.2. The lowest BCUT2D eigenvalue weighted by Crippen LogP contribution is -2.22. The van der Waals surface area contributed by atoms with Gasteiger partial charge >= 0.3 is 5.97 Å². The Morgan fingerprint density at radius 3 is 1.45 bits per heavy atom. The first-order chi connectivity index (χ1) is 18.2. The predicted octanol–water partition coefficient (Wildman–Crippen LogP) is 8.04. The van der Waals surface area contributed by atoms with E-state index in [0.717, 1.165) is 43.8 Å².